The number of nitrogens with zero attached hydrogens (tertiary/aromatic N) is 1. The predicted octanol–water partition coefficient (Wildman–Crippen LogP) is 1.81. The topological polar surface area (TPSA) is 29.5 Å². The van der Waals surface area contributed by atoms with E-state index < -0.39 is 0 Å². The molecule has 1 unspecified atom stereocenters. The zero-order valence-electron chi connectivity index (χ0n) is 9.58. The molecule has 1 saturated carbocycles. The molecule has 0 bridgehead atoms. The van der Waals surface area contributed by atoms with E-state index in [-0.39, 0.29) is 6.10 Å². The summed E-state index contributed by atoms with van der Waals surface area (Å²) in [5.41, 5.74) is 0. The lowest BCUT2D eigenvalue weighted by Crippen LogP contribution is -2.44. The third kappa shape index (κ3) is 3.49. The molecule has 1 saturated heterocycles. The first-order valence-corrected chi connectivity index (χ1v) is 6.15. The van der Waals surface area contributed by atoms with E-state index in [9.17, 15) is 4.79 Å². The lowest BCUT2D eigenvalue weighted by Gasteiger charge is -2.31. The summed E-state index contributed by atoms with van der Waals surface area (Å²) in [5.74, 6) is 1.27. The largest absolute Gasteiger partial charge is 0.375 e. The molecular formula is C12H21NO2. The van der Waals surface area contributed by atoms with Gasteiger partial charge in [0.25, 0.3) is 0 Å². The van der Waals surface area contributed by atoms with Gasteiger partial charge in [0.2, 0.25) is 5.91 Å². The van der Waals surface area contributed by atoms with Gasteiger partial charge in [0.1, 0.15) is 0 Å². The third-order valence-electron chi connectivity index (χ3n) is 3.29. The molecule has 0 aromatic carbocycles. The van der Waals surface area contributed by atoms with Crippen molar-refractivity contribution in [1.29, 1.82) is 0 Å². The number of amides is 1. The maximum atomic E-state index is 11.8. The van der Waals surface area contributed by atoms with Crippen LogP contribution >= 0.6 is 0 Å². The summed E-state index contributed by atoms with van der Waals surface area (Å²) in [6.07, 6.45) is 6.07. The molecule has 3 nitrogen and oxygen atoms in total. The van der Waals surface area contributed by atoms with Gasteiger partial charge in [-0.15, -0.1) is 0 Å². The van der Waals surface area contributed by atoms with Gasteiger partial charge in [0.15, 0.2) is 0 Å². The molecule has 0 radical (unpaired) electrons. The number of hydrogen-bond acceptors (Lipinski definition) is 2. The third-order valence-corrected chi connectivity index (χ3v) is 3.29. The van der Waals surface area contributed by atoms with E-state index in [1.165, 1.54) is 19.3 Å². The van der Waals surface area contributed by atoms with E-state index in [0.29, 0.717) is 12.5 Å². The Morgan fingerprint density at radius 1 is 1.47 bits per heavy atom. The molecule has 15 heavy (non-hydrogen) atoms. The van der Waals surface area contributed by atoms with Crippen molar-refractivity contribution in [1.82, 2.24) is 4.90 Å². The number of ether oxygens (including phenoxy) is 1. The summed E-state index contributed by atoms with van der Waals surface area (Å²) >= 11 is 0. The molecule has 1 aliphatic carbocycles. The molecule has 1 aliphatic heterocycles. The summed E-state index contributed by atoms with van der Waals surface area (Å²) < 4.78 is 5.42. The van der Waals surface area contributed by atoms with E-state index in [4.69, 9.17) is 4.74 Å². The zero-order valence-corrected chi connectivity index (χ0v) is 9.58. The van der Waals surface area contributed by atoms with Gasteiger partial charge in [-0.25, -0.2) is 0 Å². The molecular weight excluding hydrogens is 190 g/mol. The average molecular weight is 211 g/mol. The SMILES string of the molecule is CC1CN(C(=O)CCCC2CC2)CCO1. The van der Waals surface area contributed by atoms with Crippen LogP contribution in [0.15, 0.2) is 0 Å². The molecule has 0 spiro atoms. The molecule has 2 fully saturated rings. The molecule has 1 heterocycles. The Hall–Kier alpha value is -0.570. The second-order valence-corrected chi connectivity index (χ2v) is 4.86. The fourth-order valence-corrected chi connectivity index (χ4v) is 2.15. The summed E-state index contributed by atoms with van der Waals surface area (Å²) in [7, 11) is 0. The number of morpholine rings is 1. The van der Waals surface area contributed by atoms with Gasteiger partial charge < -0.3 is 9.64 Å². The smallest absolute Gasteiger partial charge is 0.222 e. The van der Waals surface area contributed by atoms with Crippen molar-refractivity contribution in [3.63, 3.8) is 0 Å². The highest BCUT2D eigenvalue weighted by Crippen LogP contribution is 2.33. The van der Waals surface area contributed by atoms with E-state index in [0.717, 1.165) is 31.8 Å². The van der Waals surface area contributed by atoms with Crippen LogP contribution in [-0.4, -0.2) is 36.6 Å². The first-order chi connectivity index (χ1) is 7.25. The summed E-state index contributed by atoms with van der Waals surface area (Å²) in [6, 6.07) is 0. The van der Waals surface area contributed by atoms with Crippen LogP contribution in [0.4, 0.5) is 0 Å². The van der Waals surface area contributed by atoms with Crippen molar-refractivity contribution < 1.29 is 9.53 Å². The number of carbonyl (C=O) groups excluding carboxylic acids is 1. The highest BCUT2D eigenvalue weighted by Gasteiger charge is 2.23. The van der Waals surface area contributed by atoms with Crippen LogP contribution in [0.1, 0.15) is 39.0 Å². The molecule has 1 amide bonds. The summed E-state index contributed by atoms with van der Waals surface area (Å²) in [5, 5.41) is 0. The highest BCUT2D eigenvalue weighted by atomic mass is 16.5. The standard InChI is InChI=1S/C12H21NO2/c1-10-9-13(7-8-15-10)12(14)4-2-3-11-5-6-11/h10-11H,2-9H2,1H3. The van der Waals surface area contributed by atoms with Crippen molar-refractivity contribution >= 4 is 5.91 Å². The van der Waals surface area contributed by atoms with Crippen LogP contribution in [0.2, 0.25) is 0 Å². The molecule has 0 aromatic heterocycles. The van der Waals surface area contributed by atoms with Gasteiger partial charge in [0, 0.05) is 19.5 Å². The fourth-order valence-electron chi connectivity index (χ4n) is 2.15. The van der Waals surface area contributed by atoms with Gasteiger partial charge in [-0.3, -0.25) is 4.79 Å². The molecule has 3 heteroatoms. The molecule has 2 rings (SSSR count). The minimum absolute atomic E-state index is 0.214. The maximum absolute atomic E-state index is 11.8. The number of hydrogen-bond donors (Lipinski definition) is 0. The van der Waals surface area contributed by atoms with Crippen molar-refractivity contribution in [2.24, 2.45) is 5.92 Å². The van der Waals surface area contributed by atoms with Crippen molar-refractivity contribution in [2.75, 3.05) is 19.7 Å². The molecule has 2 aliphatic rings. The predicted molar refractivity (Wildman–Crippen MR) is 58.6 cm³/mol. The van der Waals surface area contributed by atoms with E-state index >= 15 is 0 Å². The maximum Gasteiger partial charge on any atom is 0.222 e. The Balaban J connectivity index is 1.64. The molecule has 0 aromatic rings. The van der Waals surface area contributed by atoms with Crippen molar-refractivity contribution in [3.8, 4) is 0 Å². The van der Waals surface area contributed by atoms with Crippen molar-refractivity contribution in [2.45, 2.75) is 45.1 Å². The Kier molecular flexibility index (Phi) is 3.62. The van der Waals surface area contributed by atoms with Gasteiger partial charge in [0.05, 0.1) is 12.7 Å². The summed E-state index contributed by atoms with van der Waals surface area (Å²) in [4.78, 5) is 13.8. The van der Waals surface area contributed by atoms with Crippen LogP contribution in [0.5, 0.6) is 0 Å². The highest BCUT2D eigenvalue weighted by molar-refractivity contribution is 5.76. The van der Waals surface area contributed by atoms with E-state index in [1.807, 2.05) is 11.8 Å². The quantitative estimate of drug-likeness (QED) is 0.710. The number of rotatable bonds is 4. The van der Waals surface area contributed by atoms with Crippen LogP contribution in [0.25, 0.3) is 0 Å². The monoisotopic (exact) mass is 211 g/mol. The van der Waals surface area contributed by atoms with Gasteiger partial charge in [-0.2, -0.15) is 0 Å². The fraction of sp³-hybridized carbons (Fsp3) is 0.917. The van der Waals surface area contributed by atoms with Gasteiger partial charge in [-0.05, 0) is 25.7 Å². The summed E-state index contributed by atoms with van der Waals surface area (Å²) in [6.45, 7) is 4.30. The normalized spacial score (nSPS) is 26.7. The second kappa shape index (κ2) is 4.97. The Morgan fingerprint density at radius 3 is 2.93 bits per heavy atom. The van der Waals surface area contributed by atoms with E-state index in [2.05, 4.69) is 0 Å². The van der Waals surface area contributed by atoms with E-state index in [1.54, 1.807) is 0 Å². The van der Waals surface area contributed by atoms with Crippen LogP contribution < -0.4 is 0 Å². The molecule has 1 atom stereocenters. The minimum atomic E-state index is 0.214. The van der Waals surface area contributed by atoms with Crippen LogP contribution in [0.3, 0.4) is 0 Å². The first-order valence-electron chi connectivity index (χ1n) is 6.15. The average Bonchev–Trinajstić information content (AvgIpc) is 3.01. The lowest BCUT2D eigenvalue weighted by molar-refractivity contribution is -0.138. The first kappa shape index (κ1) is 10.9. The van der Waals surface area contributed by atoms with Gasteiger partial charge in [-0.1, -0.05) is 12.8 Å². The Morgan fingerprint density at radius 2 is 2.27 bits per heavy atom. The Labute approximate surface area is 91.8 Å². The molecule has 86 valence electrons. The lowest BCUT2D eigenvalue weighted by atomic mass is 10.1. The molecule has 0 N–H and O–H groups in total. The minimum Gasteiger partial charge on any atom is -0.375 e. The van der Waals surface area contributed by atoms with Crippen LogP contribution in [-0.2, 0) is 9.53 Å². The zero-order chi connectivity index (χ0) is 10.7. The second-order valence-electron chi connectivity index (χ2n) is 4.86. The van der Waals surface area contributed by atoms with Gasteiger partial charge >= 0.3 is 0 Å². The van der Waals surface area contributed by atoms with Crippen LogP contribution in [0, 0.1) is 5.92 Å². The Bertz CT molecular complexity index is 226. The number of carbonyl (C=O) groups is 1. The van der Waals surface area contributed by atoms with Crippen molar-refractivity contribution in [3.05, 3.63) is 0 Å².